The molecule has 1 heterocycles. The van der Waals surface area contributed by atoms with Crippen LogP contribution in [0.1, 0.15) is 22.8 Å². The van der Waals surface area contributed by atoms with Crippen LogP contribution in [0.4, 0.5) is 0 Å². The van der Waals surface area contributed by atoms with E-state index < -0.39 is 5.97 Å². The van der Waals surface area contributed by atoms with Crippen LogP contribution in [-0.4, -0.2) is 31.2 Å². The molecule has 0 atom stereocenters. The summed E-state index contributed by atoms with van der Waals surface area (Å²) in [5.74, 6) is 5.27. The molecule has 21 heavy (non-hydrogen) atoms. The van der Waals surface area contributed by atoms with Crippen molar-refractivity contribution in [3.63, 3.8) is 0 Å². The van der Waals surface area contributed by atoms with E-state index in [-0.39, 0.29) is 17.6 Å². The van der Waals surface area contributed by atoms with Crippen LogP contribution in [0.3, 0.4) is 0 Å². The van der Waals surface area contributed by atoms with Crippen molar-refractivity contribution < 1.29 is 9.53 Å². The second-order valence-electron chi connectivity index (χ2n) is 4.34. The van der Waals surface area contributed by atoms with Gasteiger partial charge in [-0.1, -0.05) is 11.8 Å². The first kappa shape index (κ1) is 14.8. The Morgan fingerprint density at radius 1 is 1.43 bits per heavy atom. The number of carbonyl (C=O) groups is 1. The average Bonchev–Trinajstić information content (AvgIpc) is 2.48. The number of hydrogen-bond acceptors (Lipinski definition) is 4. The van der Waals surface area contributed by atoms with Crippen molar-refractivity contribution in [3.8, 4) is 11.8 Å². The third kappa shape index (κ3) is 3.30. The molecular weight excluding hydrogens is 268 g/mol. The van der Waals surface area contributed by atoms with Crippen molar-refractivity contribution in [1.82, 2.24) is 10.3 Å². The summed E-state index contributed by atoms with van der Waals surface area (Å²) in [4.78, 5) is 27.0. The standard InChI is InChI=1S/C16H16N2O3/c1-3-21-16(20)13-10-18-14-7-6-11(5-4-8-17-2)9-12(14)15(13)19/h6-7,9-10,17H,3,8H2,1-2H3,(H,18,19). The molecule has 5 heteroatoms. The SMILES string of the molecule is CCOC(=O)c1c[nH]c2ccc(C#CCNC)cc2c1=O. The predicted octanol–water partition coefficient (Wildman–Crippen LogP) is 1.28. The van der Waals surface area contributed by atoms with E-state index in [1.54, 1.807) is 19.1 Å². The van der Waals surface area contributed by atoms with Gasteiger partial charge in [0.15, 0.2) is 0 Å². The molecule has 0 radical (unpaired) electrons. The van der Waals surface area contributed by atoms with Crippen LogP contribution in [0.15, 0.2) is 29.2 Å². The van der Waals surface area contributed by atoms with Crippen LogP contribution >= 0.6 is 0 Å². The van der Waals surface area contributed by atoms with Gasteiger partial charge < -0.3 is 15.0 Å². The Balaban J connectivity index is 2.50. The molecule has 0 fully saturated rings. The molecule has 1 aromatic carbocycles. The first-order valence-corrected chi connectivity index (χ1v) is 6.63. The fourth-order valence-corrected chi connectivity index (χ4v) is 1.89. The van der Waals surface area contributed by atoms with Gasteiger partial charge in [0, 0.05) is 22.7 Å². The molecular formula is C16H16N2O3. The van der Waals surface area contributed by atoms with E-state index in [4.69, 9.17) is 4.74 Å². The number of carbonyl (C=O) groups excluding carboxylic acids is 1. The lowest BCUT2D eigenvalue weighted by Crippen LogP contribution is -2.18. The van der Waals surface area contributed by atoms with Gasteiger partial charge in [-0.3, -0.25) is 4.79 Å². The zero-order chi connectivity index (χ0) is 15.2. The largest absolute Gasteiger partial charge is 0.462 e. The van der Waals surface area contributed by atoms with Gasteiger partial charge in [0.2, 0.25) is 5.43 Å². The molecule has 0 amide bonds. The number of pyridine rings is 1. The van der Waals surface area contributed by atoms with E-state index in [1.165, 1.54) is 6.20 Å². The lowest BCUT2D eigenvalue weighted by Gasteiger charge is -2.03. The Bertz CT molecular complexity index is 781. The Labute approximate surface area is 122 Å². The minimum atomic E-state index is -0.618. The summed E-state index contributed by atoms with van der Waals surface area (Å²) in [6, 6.07) is 5.28. The van der Waals surface area contributed by atoms with Gasteiger partial charge in [0.1, 0.15) is 5.56 Å². The highest BCUT2D eigenvalue weighted by molar-refractivity contribution is 5.93. The highest BCUT2D eigenvalue weighted by Crippen LogP contribution is 2.11. The van der Waals surface area contributed by atoms with Crippen molar-refractivity contribution in [2.24, 2.45) is 0 Å². The highest BCUT2D eigenvalue weighted by atomic mass is 16.5. The van der Waals surface area contributed by atoms with E-state index in [2.05, 4.69) is 22.1 Å². The minimum Gasteiger partial charge on any atom is -0.462 e. The summed E-state index contributed by atoms with van der Waals surface area (Å²) in [5, 5.41) is 3.35. The molecule has 0 aliphatic heterocycles. The van der Waals surface area contributed by atoms with Crippen LogP contribution in [0.2, 0.25) is 0 Å². The zero-order valence-electron chi connectivity index (χ0n) is 11.9. The maximum atomic E-state index is 12.3. The summed E-state index contributed by atoms with van der Waals surface area (Å²) in [5.41, 5.74) is 1.04. The molecule has 1 aromatic heterocycles. The van der Waals surface area contributed by atoms with Gasteiger partial charge in [-0.2, -0.15) is 0 Å². The molecule has 0 bridgehead atoms. The average molecular weight is 284 g/mol. The topological polar surface area (TPSA) is 71.2 Å². The smallest absolute Gasteiger partial charge is 0.343 e. The van der Waals surface area contributed by atoms with E-state index in [0.29, 0.717) is 17.4 Å². The lowest BCUT2D eigenvalue weighted by atomic mass is 10.1. The number of esters is 1. The Morgan fingerprint density at radius 3 is 2.95 bits per heavy atom. The van der Waals surface area contributed by atoms with Crippen molar-refractivity contribution in [2.45, 2.75) is 6.92 Å². The van der Waals surface area contributed by atoms with Crippen LogP contribution in [-0.2, 0) is 4.74 Å². The van der Waals surface area contributed by atoms with Crippen molar-refractivity contribution in [1.29, 1.82) is 0 Å². The predicted molar refractivity (Wildman–Crippen MR) is 81.3 cm³/mol. The fourth-order valence-electron chi connectivity index (χ4n) is 1.89. The minimum absolute atomic E-state index is 0.00434. The molecule has 0 unspecified atom stereocenters. The Hall–Kier alpha value is -2.58. The third-order valence-electron chi connectivity index (χ3n) is 2.87. The second kappa shape index (κ2) is 6.73. The van der Waals surface area contributed by atoms with Gasteiger partial charge in [-0.05, 0) is 32.2 Å². The van der Waals surface area contributed by atoms with Gasteiger partial charge in [-0.15, -0.1) is 0 Å². The van der Waals surface area contributed by atoms with Gasteiger partial charge in [0.25, 0.3) is 0 Å². The Kier molecular flexibility index (Phi) is 4.75. The number of hydrogen-bond donors (Lipinski definition) is 2. The number of H-pyrrole nitrogens is 1. The van der Waals surface area contributed by atoms with Gasteiger partial charge in [-0.25, -0.2) is 4.79 Å². The van der Waals surface area contributed by atoms with Crippen molar-refractivity contribution >= 4 is 16.9 Å². The second-order valence-corrected chi connectivity index (χ2v) is 4.34. The van der Waals surface area contributed by atoms with E-state index in [0.717, 1.165) is 5.56 Å². The van der Waals surface area contributed by atoms with E-state index in [9.17, 15) is 9.59 Å². The number of fused-ring (bicyclic) bond motifs is 1. The van der Waals surface area contributed by atoms with Crippen molar-refractivity contribution in [3.05, 3.63) is 45.7 Å². The monoisotopic (exact) mass is 284 g/mol. The molecule has 5 nitrogen and oxygen atoms in total. The van der Waals surface area contributed by atoms with Crippen LogP contribution < -0.4 is 10.7 Å². The summed E-state index contributed by atoms with van der Waals surface area (Å²) >= 11 is 0. The van der Waals surface area contributed by atoms with E-state index in [1.807, 2.05) is 13.1 Å². The summed E-state index contributed by atoms with van der Waals surface area (Å²) in [6.07, 6.45) is 1.38. The van der Waals surface area contributed by atoms with Gasteiger partial charge in [0.05, 0.1) is 13.2 Å². The molecule has 0 aliphatic rings. The molecule has 0 aliphatic carbocycles. The highest BCUT2D eigenvalue weighted by Gasteiger charge is 2.13. The molecule has 2 N–H and O–H groups in total. The molecule has 108 valence electrons. The maximum Gasteiger partial charge on any atom is 0.343 e. The lowest BCUT2D eigenvalue weighted by molar-refractivity contribution is 0.0524. The molecule has 0 saturated carbocycles. The van der Waals surface area contributed by atoms with E-state index >= 15 is 0 Å². The van der Waals surface area contributed by atoms with Crippen LogP contribution in [0.5, 0.6) is 0 Å². The molecule has 2 rings (SSSR count). The Morgan fingerprint density at radius 2 is 2.24 bits per heavy atom. The number of ether oxygens (including phenoxy) is 1. The number of nitrogens with one attached hydrogen (secondary N) is 2. The number of aromatic nitrogens is 1. The quantitative estimate of drug-likeness (QED) is 0.658. The van der Waals surface area contributed by atoms with Crippen molar-refractivity contribution in [2.75, 3.05) is 20.2 Å². The summed E-state index contributed by atoms with van der Waals surface area (Å²) in [7, 11) is 1.81. The summed E-state index contributed by atoms with van der Waals surface area (Å²) in [6.45, 7) is 2.49. The molecule has 2 aromatic rings. The number of benzene rings is 1. The normalized spacial score (nSPS) is 10.0. The first-order chi connectivity index (χ1) is 10.2. The summed E-state index contributed by atoms with van der Waals surface area (Å²) < 4.78 is 4.87. The zero-order valence-corrected chi connectivity index (χ0v) is 11.9. The maximum absolute atomic E-state index is 12.3. The molecule has 0 saturated heterocycles. The third-order valence-corrected chi connectivity index (χ3v) is 2.87. The number of rotatable bonds is 3. The van der Waals surface area contributed by atoms with Crippen LogP contribution in [0, 0.1) is 11.8 Å². The fraction of sp³-hybridized carbons (Fsp3) is 0.250. The van der Waals surface area contributed by atoms with Crippen LogP contribution in [0.25, 0.3) is 10.9 Å². The number of aromatic amines is 1. The molecule has 0 spiro atoms. The first-order valence-electron chi connectivity index (χ1n) is 6.63. The van der Waals surface area contributed by atoms with Gasteiger partial charge >= 0.3 is 5.97 Å².